The Morgan fingerprint density at radius 2 is 1.80 bits per heavy atom. The lowest BCUT2D eigenvalue weighted by Gasteiger charge is -2.33. The van der Waals surface area contributed by atoms with E-state index in [9.17, 15) is 9.59 Å². The number of aromatic nitrogens is 2. The molecule has 0 aliphatic carbocycles. The van der Waals surface area contributed by atoms with Crippen LogP contribution in [0, 0.1) is 12.8 Å². The van der Waals surface area contributed by atoms with Gasteiger partial charge in [-0.05, 0) is 110 Å². The van der Waals surface area contributed by atoms with Gasteiger partial charge in [0, 0.05) is 37.4 Å². The van der Waals surface area contributed by atoms with Crippen molar-refractivity contribution in [2.45, 2.75) is 117 Å². The highest BCUT2D eigenvalue weighted by Crippen LogP contribution is 2.38. The van der Waals surface area contributed by atoms with Gasteiger partial charge in [0.2, 0.25) is 0 Å². The van der Waals surface area contributed by atoms with Crippen molar-refractivity contribution < 1.29 is 37.8 Å². The first-order valence-corrected chi connectivity index (χ1v) is 16.4. The summed E-state index contributed by atoms with van der Waals surface area (Å²) in [5.74, 6) is 0.0307. The van der Waals surface area contributed by atoms with Crippen molar-refractivity contribution in [3.8, 4) is 0 Å². The molecule has 12 heteroatoms. The van der Waals surface area contributed by atoms with Gasteiger partial charge in [-0.3, -0.25) is 0 Å². The number of carbonyl (C=O) groups is 2. The molecule has 248 valence electrons. The van der Waals surface area contributed by atoms with Crippen LogP contribution in [0.4, 0.5) is 9.59 Å². The first-order valence-electron chi connectivity index (χ1n) is 16.4. The third-order valence-electron chi connectivity index (χ3n) is 9.38. The fourth-order valence-electron chi connectivity index (χ4n) is 6.26. The number of likely N-dealkylation sites (tertiary alicyclic amines) is 1. The number of rotatable bonds is 7. The number of piperidine rings is 1. The van der Waals surface area contributed by atoms with Crippen LogP contribution in [0.3, 0.4) is 0 Å². The van der Waals surface area contributed by atoms with E-state index in [0.717, 1.165) is 66.2 Å². The van der Waals surface area contributed by atoms with Crippen molar-refractivity contribution in [3.05, 3.63) is 23.4 Å². The minimum atomic E-state index is -0.720. The lowest BCUT2D eigenvalue weighted by molar-refractivity contribution is -0.0366. The van der Waals surface area contributed by atoms with E-state index in [1.165, 1.54) is 0 Å². The van der Waals surface area contributed by atoms with Gasteiger partial charge >= 0.3 is 19.4 Å². The summed E-state index contributed by atoms with van der Waals surface area (Å²) in [5.41, 5.74) is 2.31. The van der Waals surface area contributed by atoms with Gasteiger partial charge in [0.25, 0.3) is 0 Å². The second kappa shape index (κ2) is 13.1. The molecule has 3 aliphatic rings. The van der Waals surface area contributed by atoms with Crippen molar-refractivity contribution in [1.29, 1.82) is 0 Å². The van der Waals surface area contributed by atoms with Crippen LogP contribution in [0.1, 0.15) is 97.9 Å². The Morgan fingerprint density at radius 3 is 2.47 bits per heavy atom. The number of aryl methyl sites for hydroxylation is 1. The number of benzene rings is 1. The van der Waals surface area contributed by atoms with E-state index >= 15 is 0 Å². The Labute approximate surface area is 267 Å². The predicted octanol–water partition coefficient (Wildman–Crippen LogP) is 5.69. The number of nitrogens with zero attached hydrogens (tertiary/aromatic N) is 3. The Hall–Kier alpha value is -2.83. The van der Waals surface area contributed by atoms with Crippen LogP contribution in [0.5, 0.6) is 0 Å². The van der Waals surface area contributed by atoms with Crippen molar-refractivity contribution in [3.63, 3.8) is 0 Å². The highest BCUT2D eigenvalue weighted by atomic mass is 16.7. The fraction of sp³-hybridized carbons (Fsp3) is 0.727. The van der Waals surface area contributed by atoms with Crippen LogP contribution in [-0.2, 0) is 34.7 Å². The monoisotopic (exact) mass is 627 g/mol. The summed E-state index contributed by atoms with van der Waals surface area (Å²) in [6.45, 7) is 17.9. The van der Waals surface area contributed by atoms with E-state index in [4.69, 9.17) is 33.4 Å². The highest BCUT2D eigenvalue weighted by Gasteiger charge is 2.53. The van der Waals surface area contributed by atoms with E-state index in [1.54, 1.807) is 4.90 Å². The number of ether oxygens (including phenoxy) is 4. The molecular formula is C33H50BN3O8. The zero-order valence-corrected chi connectivity index (χ0v) is 28.3. The van der Waals surface area contributed by atoms with Gasteiger partial charge < -0.3 is 33.2 Å². The number of amides is 1. The molecule has 4 heterocycles. The number of carbonyl (C=O) groups excluding carboxylic acids is 2. The van der Waals surface area contributed by atoms with Gasteiger partial charge in [-0.15, -0.1) is 0 Å². The summed E-state index contributed by atoms with van der Waals surface area (Å²) < 4.78 is 37.7. The van der Waals surface area contributed by atoms with Crippen LogP contribution in [0.2, 0.25) is 0 Å². The average Bonchev–Trinajstić information content (AvgIpc) is 3.47. The molecule has 1 amide bonds. The maximum atomic E-state index is 12.6. The van der Waals surface area contributed by atoms with Gasteiger partial charge in [-0.1, -0.05) is 0 Å². The fourth-order valence-corrected chi connectivity index (χ4v) is 6.26. The van der Waals surface area contributed by atoms with Gasteiger partial charge in [0.1, 0.15) is 5.60 Å². The van der Waals surface area contributed by atoms with Crippen LogP contribution < -0.4 is 5.46 Å². The van der Waals surface area contributed by atoms with Crippen LogP contribution in [0.15, 0.2) is 12.3 Å². The molecule has 0 N–H and O–H groups in total. The van der Waals surface area contributed by atoms with Crippen molar-refractivity contribution in [2.24, 2.45) is 5.92 Å². The number of hydrogen-bond donors (Lipinski definition) is 0. The molecule has 45 heavy (non-hydrogen) atoms. The summed E-state index contributed by atoms with van der Waals surface area (Å²) >= 11 is 0. The Balaban J connectivity index is 1.26. The first kappa shape index (κ1) is 33.5. The molecule has 3 aliphatic heterocycles. The van der Waals surface area contributed by atoms with Gasteiger partial charge in [-0.25, -0.2) is 14.3 Å². The van der Waals surface area contributed by atoms with E-state index < -0.39 is 30.1 Å². The molecule has 1 aromatic heterocycles. The van der Waals surface area contributed by atoms with Gasteiger partial charge in [-0.2, -0.15) is 5.10 Å². The van der Waals surface area contributed by atoms with E-state index in [2.05, 4.69) is 13.0 Å². The van der Waals surface area contributed by atoms with Crippen molar-refractivity contribution >= 4 is 35.7 Å². The molecule has 3 fully saturated rings. The zero-order chi connectivity index (χ0) is 32.6. The number of hydrogen-bond acceptors (Lipinski definition) is 9. The normalized spacial score (nSPS) is 23.3. The molecule has 2 atom stereocenters. The van der Waals surface area contributed by atoms with Crippen LogP contribution >= 0.6 is 0 Å². The minimum Gasteiger partial charge on any atom is -0.444 e. The Morgan fingerprint density at radius 1 is 1.07 bits per heavy atom. The minimum absolute atomic E-state index is 0.0307. The summed E-state index contributed by atoms with van der Waals surface area (Å²) in [5, 5.41) is 5.70. The largest absolute Gasteiger partial charge is 0.508 e. The summed E-state index contributed by atoms with van der Waals surface area (Å²) in [6, 6.07) is 2.13. The predicted molar refractivity (Wildman–Crippen MR) is 171 cm³/mol. The third kappa shape index (κ3) is 7.60. The molecule has 3 saturated heterocycles. The van der Waals surface area contributed by atoms with Crippen LogP contribution in [-0.4, -0.2) is 83.8 Å². The zero-order valence-electron chi connectivity index (χ0n) is 28.3. The summed E-state index contributed by atoms with van der Waals surface area (Å²) in [4.78, 5) is 26.8. The molecule has 0 bridgehead atoms. The van der Waals surface area contributed by atoms with Crippen molar-refractivity contribution in [1.82, 2.24) is 14.7 Å². The van der Waals surface area contributed by atoms with E-state index in [0.29, 0.717) is 19.5 Å². The maximum absolute atomic E-state index is 12.6. The molecule has 0 saturated carbocycles. The Bertz CT molecular complexity index is 1360. The lowest BCUT2D eigenvalue weighted by atomic mass is 9.72. The quantitative estimate of drug-likeness (QED) is 0.283. The smallest absolute Gasteiger partial charge is 0.444 e. The summed E-state index contributed by atoms with van der Waals surface area (Å²) in [6.07, 6.45) is 5.94. The van der Waals surface area contributed by atoms with E-state index in [1.807, 2.05) is 59.3 Å². The second-order valence-corrected chi connectivity index (χ2v) is 14.6. The lowest BCUT2D eigenvalue weighted by Crippen LogP contribution is -2.44. The molecular weight excluding hydrogens is 577 g/mol. The molecule has 0 spiro atoms. The Kier molecular flexibility index (Phi) is 9.78. The van der Waals surface area contributed by atoms with Crippen molar-refractivity contribution in [2.75, 3.05) is 32.9 Å². The molecule has 1 aromatic carbocycles. The second-order valence-electron chi connectivity index (χ2n) is 14.6. The molecule has 5 rings (SSSR count). The third-order valence-corrected chi connectivity index (χ3v) is 9.38. The van der Waals surface area contributed by atoms with E-state index in [-0.39, 0.29) is 31.5 Å². The average molecular weight is 628 g/mol. The highest BCUT2D eigenvalue weighted by molar-refractivity contribution is 6.65. The molecule has 1 unspecified atom stereocenters. The SMILES string of the molecule is Cc1cc2c(cnn2C2CCCCO2)c(B2OC(C)(C)C(C)(C)O2)c1CCOC(=O)OC[C@@H]1CCCN(C(=O)OC(C)(C)C)C1. The van der Waals surface area contributed by atoms with Gasteiger partial charge in [0.15, 0.2) is 6.23 Å². The molecule has 2 aromatic rings. The van der Waals surface area contributed by atoms with Crippen LogP contribution in [0.25, 0.3) is 10.9 Å². The first-order chi connectivity index (χ1) is 21.1. The number of fused-ring (bicyclic) bond motifs is 1. The summed E-state index contributed by atoms with van der Waals surface area (Å²) in [7, 11) is -0.608. The maximum Gasteiger partial charge on any atom is 0.508 e. The molecule has 11 nitrogen and oxygen atoms in total. The topological polar surface area (TPSA) is 111 Å². The van der Waals surface area contributed by atoms with Gasteiger partial charge in [0.05, 0.1) is 36.1 Å². The standard InChI is InChI=1S/C33H50BN3O8/c1-22-18-26-25(19-35-37(26)27-13-9-10-16-40-27)28(34-44-32(5,6)33(7,8)45-34)24(22)14-17-41-30(39)42-21-23-12-11-15-36(20-23)29(38)43-31(2,3)4/h18-19,23,27H,9-17,20-21H2,1-8H3/t23-,27?/m1/s1. The molecule has 0 radical (unpaired) electrons.